The number of ether oxygens (including phenoxy) is 1. The molecule has 220 valence electrons. The molecule has 0 aliphatic heterocycles. The Labute approximate surface area is 251 Å². The lowest BCUT2D eigenvalue weighted by atomic mass is 9.71. The van der Waals surface area contributed by atoms with E-state index in [9.17, 15) is 9.59 Å². The van der Waals surface area contributed by atoms with Crippen LogP contribution in [0, 0.1) is 0 Å². The van der Waals surface area contributed by atoms with Crippen LogP contribution in [0.5, 0.6) is 0 Å². The normalized spacial score (nSPS) is 15.9. The van der Waals surface area contributed by atoms with E-state index in [-0.39, 0.29) is 24.3 Å². The van der Waals surface area contributed by atoms with Gasteiger partial charge < -0.3 is 20.4 Å². The van der Waals surface area contributed by atoms with Crippen molar-refractivity contribution < 1.29 is 14.3 Å². The van der Waals surface area contributed by atoms with Crippen LogP contribution >= 0.6 is 0 Å². The highest BCUT2D eigenvalue weighted by molar-refractivity contribution is 5.91. The van der Waals surface area contributed by atoms with Gasteiger partial charge in [-0.15, -0.1) is 0 Å². The molecule has 2 aromatic carbocycles. The Hall–Kier alpha value is -4.72. The summed E-state index contributed by atoms with van der Waals surface area (Å²) in [7, 11) is 0. The Balaban J connectivity index is 1.21. The van der Waals surface area contributed by atoms with Gasteiger partial charge in [-0.3, -0.25) is 14.8 Å². The predicted octanol–water partition coefficient (Wildman–Crippen LogP) is 6.36. The van der Waals surface area contributed by atoms with E-state index in [4.69, 9.17) is 4.74 Å². The highest BCUT2D eigenvalue weighted by Crippen LogP contribution is 2.38. The van der Waals surface area contributed by atoms with Crippen LogP contribution in [0.1, 0.15) is 55.8 Å². The zero-order valence-corrected chi connectivity index (χ0v) is 24.4. The molecule has 0 radical (unpaired) electrons. The number of para-hydroxylation sites is 1. The number of fused-ring (bicyclic) bond motifs is 2. The first-order valence-corrected chi connectivity index (χ1v) is 15.0. The van der Waals surface area contributed by atoms with Crippen LogP contribution in [0.25, 0.3) is 21.8 Å². The molecule has 3 heterocycles. The molecule has 8 heteroatoms. The standard InChI is InChI=1S/C35H37N5O3/c1-34(21-27-22-38-30-12-4-3-11-28(27)30,40-33(42)43-23-25-14-15-29-26(20-25)10-9-19-36-29)32(41)39-24-35(16-6-2-7-17-35)31-13-5-8-18-37-31/h3-5,8-15,18-20,22,38H,2,6-7,16-17,21,23-24H2,1H3,(H,39,41)(H,40,42)/t34-/m0/s1. The Morgan fingerprint density at radius 2 is 1.77 bits per heavy atom. The van der Waals surface area contributed by atoms with Crippen molar-refractivity contribution in [3.8, 4) is 0 Å². The zero-order chi connectivity index (χ0) is 29.7. The van der Waals surface area contributed by atoms with E-state index in [2.05, 4.69) is 31.7 Å². The van der Waals surface area contributed by atoms with Gasteiger partial charge in [0.1, 0.15) is 12.1 Å². The molecule has 0 bridgehead atoms. The fourth-order valence-electron chi connectivity index (χ4n) is 6.34. The average Bonchev–Trinajstić information content (AvgIpc) is 3.45. The number of aromatic amines is 1. The maximum Gasteiger partial charge on any atom is 0.408 e. The van der Waals surface area contributed by atoms with Crippen LogP contribution in [-0.2, 0) is 28.0 Å². The summed E-state index contributed by atoms with van der Waals surface area (Å²) in [5.41, 5.74) is 3.13. The molecule has 1 fully saturated rings. The lowest BCUT2D eigenvalue weighted by molar-refractivity contribution is -0.127. The second-order valence-corrected chi connectivity index (χ2v) is 11.8. The minimum Gasteiger partial charge on any atom is -0.445 e. The lowest BCUT2D eigenvalue weighted by Crippen LogP contribution is -2.59. The lowest BCUT2D eigenvalue weighted by Gasteiger charge is -2.38. The van der Waals surface area contributed by atoms with Crippen LogP contribution in [0.2, 0.25) is 0 Å². The topological polar surface area (TPSA) is 109 Å². The van der Waals surface area contributed by atoms with Gasteiger partial charge >= 0.3 is 6.09 Å². The van der Waals surface area contributed by atoms with Crippen LogP contribution in [0.15, 0.2) is 91.4 Å². The quantitative estimate of drug-likeness (QED) is 0.190. The number of aromatic nitrogens is 3. The third-order valence-electron chi connectivity index (χ3n) is 8.74. The Bertz CT molecular complexity index is 1730. The molecule has 8 nitrogen and oxygen atoms in total. The van der Waals surface area contributed by atoms with E-state index in [1.165, 1.54) is 6.42 Å². The van der Waals surface area contributed by atoms with Crippen molar-refractivity contribution >= 4 is 33.8 Å². The molecule has 3 N–H and O–H groups in total. The van der Waals surface area contributed by atoms with Gasteiger partial charge in [0.05, 0.1) is 5.52 Å². The molecule has 1 aliphatic rings. The van der Waals surface area contributed by atoms with Gasteiger partial charge in [-0.05, 0) is 67.3 Å². The van der Waals surface area contributed by atoms with Crippen molar-refractivity contribution in [1.82, 2.24) is 25.6 Å². The van der Waals surface area contributed by atoms with E-state index >= 15 is 0 Å². The molecule has 3 aromatic heterocycles. The molecular weight excluding hydrogens is 538 g/mol. The molecule has 0 saturated heterocycles. The number of alkyl carbamates (subject to hydrolysis) is 1. The van der Waals surface area contributed by atoms with E-state index in [0.717, 1.165) is 64.3 Å². The summed E-state index contributed by atoms with van der Waals surface area (Å²) in [4.78, 5) is 39.6. The van der Waals surface area contributed by atoms with E-state index in [1.807, 2.05) is 79.1 Å². The number of carbonyl (C=O) groups excluding carboxylic acids is 2. The minimum atomic E-state index is -1.27. The first-order valence-electron chi connectivity index (χ1n) is 15.0. The summed E-state index contributed by atoms with van der Waals surface area (Å²) < 4.78 is 5.64. The molecule has 1 atom stereocenters. The average molecular weight is 576 g/mol. The molecule has 0 unspecified atom stereocenters. The third kappa shape index (κ3) is 6.23. The summed E-state index contributed by atoms with van der Waals surface area (Å²) in [6.07, 6.45) is 10.4. The number of amides is 2. The molecule has 2 amide bonds. The van der Waals surface area contributed by atoms with E-state index < -0.39 is 11.6 Å². The second kappa shape index (κ2) is 12.3. The molecular formula is C35H37N5O3. The number of rotatable bonds is 9. The smallest absolute Gasteiger partial charge is 0.408 e. The molecule has 0 spiro atoms. The first kappa shape index (κ1) is 28.4. The number of carbonyl (C=O) groups is 2. The highest BCUT2D eigenvalue weighted by Gasteiger charge is 2.40. The summed E-state index contributed by atoms with van der Waals surface area (Å²) in [5, 5.41) is 8.14. The second-order valence-electron chi connectivity index (χ2n) is 11.8. The van der Waals surface area contributed by atoms with Crippen molar-refractivity contribution in [3.05, 3.63) is 108 Å². The van der Waals surface area contributed by atoms with Gasteiger partial charge in [-0.2, -0.15) is 0 Å². The summed E-state index contributed by atoms with van der Waals surface area (Å²) >= 11 is 0. The van der Waals surface area contributed by atoms with Crippen LogP contribution in [0.3, 0.4) is 0 Å². The van der Waals surface area contributed by atoms with Gasteiger partial charge in [0, 0.05) is 59.0 Å². The fourth-order valence-corrected chi connectivity index (χ4v) is 6.34. The Morgan fingerprint density at radius 3 is 2.60 bits per heavy atom. The maximum absolute atomic E-state index is 14.1. The first-order chi connectivity index (χ1) is 20.9. The predicted molar refractivity (Wildman–Crippen MR) is 167 cm³/mol. The number of H-pyrrole nitrogens is 1. The Kier molecular flexibility index (Phi) is 8.09. The molecule has 43 heavy (non-hydrogen) atoms. The van der Waals surface area contributed by atoms with E-state index in [0.29, 0.717) is 6.54 Å². The van der Waals surface area contributed by atoms with Crippen molar-refractivity contribution in [2.45, 2.75) is 63.0 Å². The number of hydrogen-bond donors (Lipinski definition) is 3. The van der Waals surface area contributed by atoms with Gasteiger partial charge in [-0.1, -0.05) is 55.7 Å². The molecule has 6 rings (SSSR count). The van der Waals surface area contributed by atoms with Crippen LogP contribution < -0.4 is 10.6 Å². The number of nitrogens with zero attached hydrogens (tertiary/aromatic N) is 2. The monoisotopic (exact) mass is 575 g/mol. The van der Waals surface area contributed by atoms with E-state index in [1.54, 1.807) is 13.1 Å². The van der Waals surface area contributed by atoms with Crippen LogP contribution in [-0.4, -0.2) is 39.0 Å². The van der Waals surface area contributed by atoms with Crippen molar-refractivity contribution in [1.29, 1.82) is 0 Å². The van der Waals surface area contributed by atoms with Gasteiger partial charge in [0.15, 0.2) is 0 Å². The summed E-state index contributed by atoms with van der Waals surface area (Å²) in [6.45, 7) is 2.29. The number of hydrogen-bond acceptors (Lipinski definition) is 5. The van der Waals surface area contributed by atoms with Gasteiger partial charge in [-0.25, -0.2) is 4.79 Å². The van der Waals surface area contributed by atoms with Crippen LogP contribution in [0.4, 0.5) is 4.79 Å². The van der Waals surface area contributed by atoms with Gasteiger partial charge in [0.2, 0.25) is 5.91 Å². The SMILES string of the molecule is C[C@@](Cc1c[nH]c2ccccc12)(NC(=O)OCc1ccc2ncccc2c1)C(=O)NCC1(c2ccccn2)CCCCC1. The van der Waals surface area contributed by atoms with Gasteiger partial charge in [0.25, 0.3) is 0 Å². The molecule has 5 aromatic rings. The van der Waals surface area contributed by atoms with Crippen molar-refractivity contribution in [2.24, 2.45) is 0 Å². The maximum atomic E-state index is 14.1. The molecule has 1 saturated carbocycles. The zero-order valence-electron chi connectivity index (χ0n) is 24.4. The highest BCUT2D eigenvalue weighted by atomic mass is 16.5. The number of pyridine rings is 2. The molecule has 1 aliphatic carbocycles. The summed E-state index contributed by atoms with van der Waals surface area (Å²) in [5.74, 6) is -0.257. The third-order valence-corrected chi connectivity index (χ3v) is 8.74. The number of benzene rings is 2. The largest absolute Gasteiger partial charge is 0.445 e. The van der Waals surface area contributed by atoms with Crippen molar-refractivity contribution in [2.75, 3.05) is 6.54 Å². The minimum absolute atomic E-state index is 0.0737. The Morgan fingerprint density at radius 1 is 0.953 bits per heavy atom. The number of nitrogens with one attached hydrogen (secondary N) is 3. The fraction of sp³-hybridized carbons (Fsp3) is 0.314. The van der Waals surface area contributed by atoms with Crippen molar-refractivity contribution in [3.63, 3.8) is 0 Å². The summed E-state index contributed by atoms with van der Waals surface area (Å²) in [6, 6.07) is 23.5.